The van der Waals surface area contributed by atoms with E-state index in [9.17, 15) is 14.8 Å². The lowest BCUT2D eigenvalue weighted by molar-refractivity contribution is -0.154. The lowest BCUT2D eigenvalue weighted by atomic mass is 10.0. The quantitative estimate of drug-likeness (QED) is 0.252. The fourth-order valence-electron chi connectivity index (χ4n) is 2.15. The van der Waals surface area contributed by atoms with Crippen LogP contribution in [0.25, 0.3) is 0 Å². The summed E-state index contributed by atoms with van der Waals surface area (Å²) >= 11 is 0. The van der Waals surface area contributed by atoms with Gasteiger partial charge in [-0.15, -0.1) is 0 Å². The van der Waals surface area contributed by atoms with Gasteiger partial charge in [0.1, 0.15) is 0 Å². The Bertz CT molecular complexity index is 440. The van der Waals surface area contributed by atoms with Gasteiger partial charge in [0.2, 0.25) is 12.3 Å². The number of rotatable bonds is 11. The molecule has 0 aliphatic heterocycles. The summed E-state index contributed by atoms with van der Waals surface area (Å²) in [7, 11) is 0. The van der Waals surface area contributed by atoms with Crippen LogP contribution in [0.15, 0.2) is 30.3 Å². The van der Waals surface area contributed by atoms with Crippen molar-refractivity contribution in [3.63, 3.8) is 0 Å². The number of nitrogens with one attached hydrogen (secondary N) is 2. The maximum atomic E-state index is 12.2. The number of amides is 2. The van der Waals surface area contributed by atoms with E-state index in [0.717, 1.165) is 24.8 Å². The average Bonchev–Trinajstić information content (AvgIpc) is 2.54. The lowest BCUT2D eigenvalue weighted by Gasteiger charge is -2.19. The van der Waals surface area contributed by atoms with Crippen molar-refractivity contribution in [1.82, 2.24) is 15.9 Å². The fraction of sp³-hybridized carbons (Fsp3) is 0.500. The smallest absolute Gasteiger partial charge is 0.239 e. The van der Waals surface area contributed by atoms with Gasteiger partial charge in [-0.05, 0) is 12.0 Å². The Balaban J connectivity index is 2.42. The molecule has 0 spiro atoms. The van der Waals surface area contributed by atoms with Gasteiger partial charge in [0.05, 0.1) is 12.5 Å². The summed E-state index contributed by atoms with van der Waals surface area (Å²) < 4.78 is 0. The first-order valence-corrected chi connectivity index (χ1v) is 7.64. The lowest BCUT2D eigenvalue weighted by Crippen LogP contribution is -2.44. The molecule has 0 fully saturated rings. The number of hydroxylamine groups is 2. The zero-order valence-electron chi connectivity index (χ0n) is 13.0. The van der Waals surface area contributed by atoms with Crippen molar-refractivity contribution in [2.75, 3.05) is 6.54 Å². The molecule has 6 nitrogen and oxygen atoms in total. The fourth-order valence-corrected chi connectivity index (χ4v) is 2.15. The minimum atomic E-state index is -0.426. The van der Waals surface area contributed by atoms with E-state index in [2.05, 4.69) is 17.8 Å². The highest BCUT2D eigenvalue weighted by atomic mass is 16.5. The number of carbonyl (C=O) groups is 2. The topological polar surface area (TPSA) is 81.7 Å². The Morgan fingerprint density at radius 3 is 2.68 bits per heavy atom. The number of benzene rings is 1. The predicted octanol–water partition coefficient (Wildman–Crippen LogP) is 1.85. The summed E-state index contributed by atoms with van der Waals surface area (Å²) in [5.74, 6) is -0.641. The first-order chi connectivity index (χ1) is 10.7. The minimum absolute atomic E-state index is 0.00602. The maximum absolute atomic E-state index is 12.2. The molecular formula is C16H25N3O3. The monoisotopic (exact) mass is 307 g/mol. The molecule has 0 aromatic heterocycles. The highest BCUT2D eigenvalue weighted by molar-refractivity contribution is 5.78. The normalized spacial score (nSPS) is 11.7. The van der Waals surface area contributed by atoms with Gasteiger partial charge >= 0.3 is 0 Å². The summed E-state index contributed by atoms with van der Waals surface area (Å²) in [6, 6.07) is 9.71. The minimum Gasteiger partial charge on any atom is -0.291 e. The van der Waals surface area contributed by atoms with Gasteiger partial charge in [0, 0.05) is 6.54 Å². The van der Waals surface area contributed by atoms with Gasteiger partial charge in [-0.25, -0.2) is 10.5 Å². The van der Waals surface area contributed by atoms with Crippen LogP contribution in [0.4, 0.5) is 0 Å². The van der Waals surface area contributed by atoms with E-state index in [1.165, 1.54) is 0 Å². The van der Waals surface area contributed by atoms with Crippen LogP contribution in [0.2, 0.25) is 0 Å². The third-order valence-corrected chi connectivity index (χ3v) is 3.40. The van der Waals surface area contributed by atoms with Crippen LogP contribution in [0.1, 0.15) is 38.2 Å². The summed E-state index contributed by atoms with van der Waals surface area (Å²) in [4.78, 5) is 22.7. The summed E-state index contributed by atoms with van der Waals surface area (Å²) in [5, 5.41) is 9.82. The first-order valence-electron chi connectivity index (χ1n) is 7.64. The Labute approximate surface area is 131 Å². The Morgan fingerprint density at radius 2 is 2.05 bits per heavy atom. The predicted molar refractivity (Wildman–Crippen MR) is 83.6 cm³/mol. The largest absolute Gasteiger partial charge is 0.291 e. The second kappa shape index (κ2) is 10.8. The van der Waals surface area contributed by atoms with E-state index in [1.54, 1.807) is 0 Å². The number of carbonyl (C=O) groups excluding carboxylic acids is 2. The summed E-state index contributed by atoms with van der Waals surface area (Å²) in [6.45, 7) is 2.61. The molecule has 0 bridgehead atoms. The molecular weight excluding hydrogens is 282 g/mol. The van der Waals surface area contributed by atoms with Crippen LogP contribution in [0, 0.1) is 5.92 Å². The Kier molecular flexibility index (Phi) is 8.86. The molecule has 1 aromatic rings. The standard InChI is InChI=1S/C16H25N3O3/c1-2-3-5-10-15(12-19(22)13-20)16(21)18-17-11-14-8-6-4-7-9-14/h4,6-9,13,15,17,22H,2-3,5,10-12H2,1H3,(H,18,21). The van der Waals surface area contributed by atoms with E-state index >= 15 is 0 Å². The summed E-state index contributed by atoms with van der Waals surface area (Å²) in [5.41, 5.74) is 6.58. The van der Waals surface area contributed by atoms with Gasteiger partial charge < -0.3 is 0 Å². The molecule has 1 rings (SSSR count). The van der Waals surface area contributed by atoms with Crippen LogP contribution in [-0.4, -0.2) is 29.1 Å². The molecule has 0 radical (unpaired) electrons. The van der Waals surface area contributed by atoms with Crippen LogP contribution in [-0.2, 0) is 16.1 Å². The van der Waals surface area contributed by atoms with Crippen molar-refractivity contribution in [2.24, 2.45) is 5.92 Å². The number of nitrogens with zero attached hydrogens (tertiary/aromatic N) is 1. The molecule has 122 valence electrons. The molecule has 0 aliphatic carbocycles. The number of hydrogen-bond donors (Lipinski definition) is 3. The van der Waals surface area contributed by atoms with Gasteiger partial charge in [0.15, 0.2) is 0 Å². The number of unbranched alkanes of at least 4 members (excludes halogenated alkanes) is 2. The Morgan fingerprint density at radius 1 is 1.32 bits per heavy atom. The molecule has 1 aromatic carbocycles. The van der Waals surface area contributed by atoms with Crippen molar-refractivity contribution in [3.8, 4) is 0 Å². The highest BCUT2D eigenvalue weighted by Gasteiger charge is 2.20. The van der Waals surface area contributed by atoms with Gasteiger partial charge in [-0.2, -0.15) is 0 Å². The van der Waals surface area contributed by atoms with Crippen LogP contribution in [0.5, 0.6) is 0 Å². The zero-order chi connectivity index (χ0) is 16.2. The Hall–Kier alpha value is -1.92. The number of hydrazine groups is 1. The third-order valence-electron chi connectivity index (χ3n) is 3.40. The van der Waals surface area contributed by atoms with E-state index in [-0.39, 0.29) is 12.5 Å². The van der Waals surface area contributed by atoms with Gasteiger partial charge in [-0.3, -0.25) is 20.2 Å². The van der Waals surface area contributed by atoms with Crippen molar-refractivity contribution in [1.29, 1.82) is 0 Å². The van der Waals surface area contributed by atoms with Crippen molar-refractivity contribution >= 4 is 12.3 Å². The molecule has 0 saturated heterocycles. The molecule has 0 heterocycles. The molecule has 6 heteroatoms. The second-order valence-corrected chi connectivity index (χ2v) is 5.25. The molecule has 2 amide bonds. The third kappa shape index (κ3) is 7.19. The van der Waals surface area contributed by atoms with E-state index in [1.807, 2.05) is 30.3 Å². The summed E-state index contributed by atoms with van der Waals surface area (Å²) in [6.07, 6.45) is 3.92. The van der Waals surface area contributed by atoms with E-state index in [4.69, 9.17) is 0 Å². The first kappa shape index (κ1) is 18.1. The molecule has 22 heavy (non-hydrogen) atoms. The highest BCUT2D eigenvalue weighted by Crippen LogP contribution is 2.11. The number of hydrogen-bond acceptors (Lipinski definition) is 4. The average molecular weight is 307 g/mol. The zero-order valence-corrected chi connectivity index (χ0v) is 13.0. The van der Waals surface area contributed by atoms with Gasteiger partial charge in [-0.1, -0.05) is 56.5 Å². The molecule has 0 saturated carbocycles. The van der Waals surface area contributed by atoms with E-state index in [0.29, 0.717) is 24.4 Å². The van der Waals surface area contributed by atoms with Crippen molar-refractivity contribution in [2.45, 2.75) is 39.2 Å². The van der Waals surface area contributed by atoms with Crippen LogP contribution in [0.3, 0.4) is 0 Å². The van der Waals surface area contributed by atoms with Crippen LogP contribution >= 0.6 is 0 Å². The molecule has 1 unspecified atom stereocenters. The SMILES string of the molecule is CCCCCC(CN(O)C=O)C(=O)NNCc1ccccc1. The van der Waals surface area contributed by atoms with Crippen LogP contribution < -0.4 is 10.9 Å². The maximum Gasteiger partial charge on any atom is 0.239 e. The second-order valence-electron chi connectivity index (χ2n) is 5.25. The molecule has 3 N–H and O–H groups in total. The van der Waals surface area contributed by atoms with E-state index < -0.39 is 5.92 Å². The van der Waals surface area contributed by atoms with Crippen molar-refractivity contribution in [3.05, 3.63) is 35.9 Å². The van der Waals surface area contributed by atoms with Gasteiger partial charge in [0.25, 0.3) is 0 Å². The molecule has 0 aliphatic rings. The molecule has 1 atom stereocenters. The van der Waals surface area contributed by atoms with Crippen molar-refractivity contribution < 1.29 is 14.8 Å².